The summed E-state index contributed by atoms with van der Waals surface area (Å²) in [6.45, 7) is 0.687. The Bertz CT molecular complexity index is 235. The SMILES string of the molecule is CC(=O)NC1C(O)[C@H](O)[C@@H](CO)O[C@@H]1O. The molecular formula is C8H15NO6. The Hall–Kier alpha value is -0.730. The van der Waals surface area contributed by atoms with E-state index in [1.807, 2.05) is 0 Å². The molecule has 0 aliphatic carbocycles. The predicted octanol–water partition coefficient (Wildman–Crippen LogP) is -3.08. The second-order valence-electron chi connectivity index (χ2n) is 3.46. The maximum absolute atomic E-state index is 10.7. The Labute approximate surface area is 86.3 Å². The van der Waals surface area contributed by atoms with Gasteiger partial charge in [-0.3, -0.25) is 4.79 Å². The summed E-state index contributed by atoms with van der Waals surface area (Å²) in [5, 5.41) is 39.4. The maximum atomic E-state index is 10.7. The van der Waals surface area contributed by atoms with Crippen molar-refractivity contribution in [3.05, 3.63) is 0 Å². The molecule has 0 aromatic rings. The van der Waals surface area contributed by atoms with Gasteiger partial charge >= 0.3 is 0 Å². The van der Waals surface area contributed by atoms with Gasteiger partial charge in [-0.25, -0.2) is 0 Å². The van der Waals surface area contributed by atoms with E-state index in [9.17, 15) is 20.1 Å². The normalized spacial score (nSPS) is 41.3. The Kier molecular flexibility index (Phi) is 4.00. The molecule has 1 heterocycles. The third-order valence-corrected chi connectivity index (χ3v) is 2.27. The van der Waals surface area contributed by atoms with Crippen LogP contribution in [0.3, 0.4) is 0 Å². The molecule has 1 amide bonds. The van der Waals surface area contributed by atoms with Crippen molar-refractivity contribution in [1.82, 2.24) is 5.32 Å². The largest absolute Gasteiger partial charge is 0.394 e. The van der Waals surface area contributed by atoms with E-state index in [1.54, 1.807) is 0 Å². The summed E-state index contributed by atoms with van der Waals surface area (Å²) in [4.78, 5) is 10.7. The van der Waals surface area contributed by atoms with Gasteiger partial charge in [0.2, 0.25) is 5.91 Å². The molecule has 1 fully saturated rings. The van der Waals surface area contributed by atoms with E-state index in [1.165, 1.54) is 6.92 Å². The second-order valence-corrected chi connectivity index (χ2v) is 3.46. The van der Waals surface area contributed by atoms with Crippen molar-refractivity contribution in [2.45, 2.75) is 37.6 Å². The predicted molar refractivity (Wildman–Crippen MR) is 47.6 cm³/mol. The minimum Gasteiger partial charge on any atom is -0.394 e. The van der Waals surface area contributed by atoms with Gasteiger partial charge in [-0.1, -0.05) is 0 Å². The van der Waals surface area contributed by atoms with Crippen LogP contribution >= 0.6 is 0 Å². The number of carbonyl (C=O) groups is 1. The molecule has 0 radical (unpaired) electrons. The topological polar surface area (TPSA) is 119 Å². The molecular weight excluding hydrogens is 206 g/mol. The van der Waals surface area contributed by atoms with Gasteiger partial charge in [0.05, 0.1) is 6.61 Å². The number of rotatable bonds is 2. The van der Waals surface area contributed by atoms with Gasteiger partial charge in [0.25, 0.3) is 0 Å². The Balaban J connectivity index is 2.70. The first-order valence-electron chi connectivity index (χ1n) is 4.55. The van der Waals surface area contributed by atoms with Crippen molar-refractivity contribution in [1.29, 1.82) is 0 Å². The Morgan fingerprint density at radius 3 is 2.40 bits per heavy atom. The molecule has 0 spiro atoms. The van der Waals surface area contributed by atoms with Gasteiger partial charge in [0.1, 0.15) is 24.4 Å². The summed E-state index contributed by atoms with van der Waals surface area (Å²) >= 11 is 0. The Morgan fingerprint density at radius 2 is 1.93 bits per heavy atom. The zero-order valence-corrected chi connectivity index (χ0v) is 8.20. The third kappa shape index (κ3) is 2.64. The van der Waals surface area contributed by atoms with Crippen molar-refractivity contribution < 1.29 is 30.0 Å². The molecule has 5 atom stereocenters. The molecule has 1 aliphatic rings. The van der Waals surface area contributed by atoms with Crippen LogP contribution in [0.15, 0.2) is 0 Å². The number of amides is 1. The number of carbonyl (C=O) groups excluding carboxylic acids is 1. The van der Waals surface area contributed by atoms with Gasteiger partial charge in [0.15, 0.2) is 6.29 Å². The molecule has 1 rings (SSSR count). The van der Waals surface area contributed by atoms with Crippen molar-refractivity contribution >= 4 is 5.91 Å². The monoisotopic (exact) mass is 221 g/mol. The number of aliphatic hydroxyl groups excluding tert-OH is 4. The van der Waals surface area contributed by atoms with Crippen LogP contribution in [-0.2, 0) is 9.53 Å². The quantitative estimate of drug-likeness (QED) is 0.337. The zero-order valence-electron chi connectivity index (χ0n) is 8.20. The van der Waals surface area contributed by atoms with E-state index in [0.717, 1.165) is 0 Å². The summed E-state index contributed by atoms with van der Waals surface area (Å²) in [6, 6.07) is -1.10. The van der Waals surface area contributed by atoms with E-state index in [2.05, 4.69) is 5.32 Å². The van der Waals surface area contributed by atoms with Crippen LogP contribution in [0.5, 0.6) is 0 Å². The van der Waals surface area contributed by atoms with Gasteiger partial charge in [0, 0.05) is 6.92 Å². The van der Waals surface area contributed by atoms with Crippen LogP contribution in [0.2, 0.25) is 0 Å². The van der Waals surface area contributed by atoms with Crippen LogP contribution < -0.4 is 5.32 Å². The molecule has 0 aromatic carbocycles. The highest BCUT2D eigenvalue weighted by atomic mass is 16.6. The van der Waals surface area contributed by atoms with E-state index >= 15 is 0 Å². The van der Waals surface area contributed by atoms with Gasteiger partial charge in [-0.05, 0) is 0 Å². The van der Waals surface area contributed by atoms with Crippen molar-refractivity contribution in [3.8, 4) is 0 Å². The number of hydrogen-bond acceptors (Lipinski definition) is 6. The molecule has 88 valence electrons. The fraction of sp³-hybridized carbons (Fsp3) is 0.875. The van der Waals surface area contributed by atoms with Gasteiger partial charge in [-0.2, -0.15) is 0 Å². The molecule has 1 aliphatic heterocycles. The van der Waals surface area contributed by atoms with E-state index in [4.69, 9.17) is 9.84 Å². The van der Waals surface area contributed by atoms with E-state index in [-0.39, 0.29) is 0 Å². The molecule has 0 saturated carbocycles. The number of ether oxygens (including phenoxy) is 1. The molecule has 7 heteroatoms. The van der Waals surface area contributed by atoms with Crippen LogP contribution in [0.25, 0.3) is 0 Å². The van der Waals surface area contributed by atoms with E-state index < -0.39 is 43.2 Å². The summed E-state index contributed by atoms with van der Waals surface area (Å²) in [5.74, 6) is -0.462. The smallest absolute Gasteiger partial charge is 0.217 e. The van der Waals surface area contributed by atoms with Crippen LogP contribution in [0, 0.1) is 0 Å². The molecule has 15 heavy (non-hydrogen) atoms. The second kappa shape index (κ2) is 4.86. The minimum absolute atomic E-state index is 0.462. The lowest BCUT2D eigenvalue weighted by Crippen LogP contribution is -2.63. The fourth-order valence-corrected chi connectivity index (χ4v) is 1.49. The average molecular weight is 221 g/mol. The lowest BCUT2D eigenvalue weighted by Gasteiger charge is -2.40. The number of aliphatic hydroxyl groups is 4. The molecule has 2 unspecified atom stereocenters. The number of nitrogens with one attached hydrogen (secondary N) is 1. The first-order chi connectivity index (χ1) is 6.97. The highest BCUT2D eigenvalue weighted by Crippen LogP contribution is 2.19. The molecule has 0 aromatic heterocycles. The lowest BCUT2D eigenvalue weighted by atomic mass is 9.97. The molecule has 5 N–H and O–H groups in total. The van der Waals surface area contributed by atoms with Crippen LogP contribution in [0.4, 0.5) is 0 Å². The zero-order chi connectivity index (χ0) is 11.6. The summed E-state index contributed by atoms with van der Waals surface area (Å²) < 4.78 is 4.81. The molecule has 7 nitrogen and oxygen atoms in total. The van der Waals surface area contributed by atoms with Crippen LogP contribution in [-0.4, -0.2) is 63.6 Å². The third-order valence-electron chi connectivity index (χ3n) is 2.27. The average Bonchev–Trinajstić information content (AvgIpc) is 2.18. The molecule has 1 saturated heterocycles. The van der Waals surface area contributed by atoms with Crippen LogP contribution in [0.1, 0.15) is 6.92 Å². The fourth-order valence-electron chi connectivity index (χ4n) is 1.49. The van der Waals surface area contributed by atoms with Crippen molar-refractivity contribution in [2.75, 3.05) is 6.61 Å². The standard InChI is InChI=1S/C8H15NO6/c1-3(11)9-5-7(13)6(12)4(2-10)15-8(5)14/h4-8,10,12-14H,2H2,1H3,(H,9,11)/t4-,5?,6-,7?,8+/m1/s1. The molecule has 0 bridgehead atoms. The van der Waals surface area contributed by atoms with E-state index in [0.29, 0.717) is 0 Å². The summed E-state index contributed by atoms with van der Waals surface area (Å²) in [5.41, 5.74) is 0. The highest BCUT2D eigenvalue weighted by molar-refractivity contribution is 5.73. The van der Waals surface area contributed by atoms with Crippen molar-refractivity contribution in [2.24, 2.45) is 0 Å². The maximum Gasteiger partial charge on any atom is 0.217 e. The van der Waals surface area contributed by atoms with Gasteiger partial charge < -0.3 is 30.5 Å². The highest BCUT2D eigenvalue weighted by Gasteiger charge is 2.43. The minimum atomic E-state index is -1.45. The first-order valence-corrected chi connectivity index (χ1v) is 4.55. The Morgan fingerprint density at radius 1 is 1.33 bits per heavy atom. The number of hydrogen-bond donors (Lipinski definition) is 5. The van der Waals surface area contributed by atoms with Crippen molar-refractivity contribution in [3.63, 3.8) is 0 Å². The lowest BCUT2D eigenvalue weighted by molar-refractivity contribution is -0.253. The van der Waals surface area contributed by atoms with Gasteiger partial charge in [-0.15, -0.1) is 0 Å². The summed E-state index contributed by atoms with van der Waals surface area (Å²) in [7, 11) is 0. The first kappa shape index (κ1) is 12.3. The summed E-state index contributed by atoms with van der Waals surface area (Å²) in [6.07, 6.45) is -5.24.